The largest absolute Gasteiger partial charge is 0.348 e. The van der Waals surface area contributed by atoms with E-state index < -0.39 is 10.8 Å². The Kier molecular flexibility index (Phi) is 5.66. The van der Waals surface area contributed by atoms with E-state index in [1.54, 1.807) is 6.26 Å². The molecule has 4 N–H and O–H groups in total. The topological polar surface area (TPSA) is 110 Å². The highest BCUT2D eigenvalue weighted by Crippen LogP contribution is 2.00. The zero-order chi connectivity index (χ0) is 13.5. The fourth-order valence-corrected chi connectivity index (χ4v) is 1.92. The molecule has 0 spiro atoms. The van der Waals surface area contributed by atoms with Crippen LogP contribution in [0.1, 0.15) is 23.8 Å². The second-order valence-corrected chi connectivity index (χ2v) is 5.43. The van der Waals surface area contributed by atoms with E-state index in [4.69, 9.17) is 5.84 Å². The molecule has 0 aliphatic carbocycles. The minimum absolute atomic E-state index is 0.0597. The van der Waals surface area contributed by atoms with Crippen molar-refractivity contribution in [2.75, 3.05) is 17.4 Å². The van der Waals surface area contributed by atoms with Gasteiger partial charge < -0.3 is 10.7 Å². The zero-order valence-electron chi connectivity index (χ0n) is 10.3. The smallest absolute Gasteiger partial charge is 0.271 e. The Labute approximate surface area is 108 Å². The Hall–Kier alpha value is -1.54. The standard InChI is InChI=1S/C10H17N5O2S/c1-7(3-4-18(2)17)14-10(16)8-5-13-9(15-11)6-12-8/h5-7H,3-4,11H2,1-2H3,(H,13,15)(H,14,16). The molecule has 0 saturated carbocycles. The van der Waals surface area contributed by atoms with Crippen molar-refractivity contribution >= 4 is 22.5 Å². The molecule has 1 heterocycles. The van der Waals surface area contributed by atoms with Crippen LogP contribution in [-0.2, 0) is 10.8 Å². The van der Waals surface area contributed by atoms with Crippen molar-refractivity contribution in [2.45, 2.75) is 19.4 Å². The maximum Gasteiger partial charge on any atom is 0.271 e. The SMILES string of the molecule is CC(CCS(C)=O)NC(=O)c1cnc(NN)cn1. The third kappa shape index (κ3) is 4.76. The molecule has 0 radical (unpaired) electrons. The maximum absolute atomic E-state index is 11.8. The van der Waals surface area contributed by atoms with Gasteiger partial charge in [-0.05, 0) is 13.3 Å². The van der Waals surface area contributed by atoms with Gasteiger partial charge >= 0.3 is 0 Å². The van der Waals surface area contributed by atoms with Crippen molar-refractivity contribution in [3.63, 3.8) is 0 Å². The molecule has 0 fully saturated rings. The number of aromatic nitrogens is 2. The second kappa shape index (κ2) is 7.02. The van der Waals surface area contributed by atoms with Crippen LogP contribution in [0.2, 0.25) is 0 Å². The summed E-state index contributed by atoms with van der Waals surface area (Å²) in [4.78, 5) is 19.6. The van der Waals surface area contributed by atoms with E-state index in [0.717, 1.165) is 0 Å². The summed E-state index contributed by atoms with van der Waals surface area (Å²) in [6, 6.07) is -0.0597. The van der Waals surface area contributed by atoms with Crippen molar-refractivity contribution < 1.29 is 9.00 Å². The number of hydrogen-bond acceptors (Lipinski definition) is 6. The van der Waals surface area contributed by atoms with Crippen molar-refractivity contribution in [1.82, 2.24) is 15.3 Å². The molecule has 1 aromatic heterocycles. The Morgan fingerprint density at radius 2 is 2.22 bits per heavy atom. The molecule has 0 aliphatic heterocycles. The average Bonchev–Trinajstić information content (AvgIpc) is 2.36. The fraction of sp³-hybridized carbons (Fsp3) is 0.500. The molecule has 7 nitrogen and oxygen atoms in total. The quantitative estimate of drug-likeness (QED) is 0.482. The first-order chi connectivity index (χ1) is 8.52. The third-order valence-electron chi connectivity index (χ3n) is 2.25. The summed E-state index contributed by atoms with van der Waals surface area (Å²) in [7, 11) is -0.851. The van der Waals surface area contributed by atoms with Crippen LogP contribution in [0.3, 0.4) is 0 Å². The third-order valence-corrected chi connectivity index (χ3v) is 3.06. The number of nitrogens with zero attached hydrogens (tertiary/aromatic N) is 2. The molecule has 0 bridgehead atoms. The highest BCUT2D eigenvalue weighted by Gasteiger charge is 2.11. The molecular formula is C10H17N5O2S. The molecule has 0 aromatic carbocycles. The minimum atomic E-state index is -0.851. The number of anilines is 1. The fourth-order valence-electron chi connectivity index (χ4n) is 1.23. The molecule has 8 heteroatoms. The summed E-state index contributed by atoms with van der Waals surface area (Å²) >= 11 is 0. The summed E-state index contributed by atoms with van der Waals surface area (Å²) in [5.41, 5.74) is 2.55. The molecular weight excluding hydrogens is 254 g/mol. The van der Waals surface area contributed by atoms with Crippen LogP contribution in [0.15, 0.2) is 12.4 Å². The molecule has 0 saturated heterocycles. The molecule has 18 heavy (non-hydrogen) atoms. The number of hydrazine groups is 1. The van der Waals surface area contributed by atoms with Crippen LogP contribution >= 0.6 is 0 Å². The van der Waals surface area contributed by atoms with Gasteiger partial charge in [0.1, 0.15) is 5.69 Å². The number of hydrogen-bond donors (Lipinski definition) is 3. The highest BCUT2D eigenvalue weighted by molar-refractivity contribution is 7.84. The van der Waals surface area contributed by atoms with Crippen LogP contribution in [-0.4, -0.2) is 38.1 Å². The first-order valence-electron chi connectivity index (χ1n) is 5.42. The average molecular weight is 271 g/mol. The van der Waals surface area contributed by atoms with Crippen LogP contribution < -0.4 is 16.6 Å². The van der Waals surface area contributed by atoms with Crippen molar-refractivity contribution in [3.05, 3.63) is 18.1 Å². The van der Waals surface area contributed by atoms with Crippen molar-refractivity contribution in [2.24, 2.45) is 5.84 Å². The summed E-state index contributed by atoms with van der Waals surface area (Å²) < 4.78 is 10.9. The predicted octanol–water partition coefficient (Wildman–Crippen LogP) is -0.351. The van der Waals surface area contributed by atoms with Gasteiger partial charge in [-0.2, -0.15) is 0 Å². The Morgan fingerprint density at radius 3 is 2.72 bits per heavy atom. The molecule has 1 amide bonds. The number of nitrogen functional groups attached to an aromatic ring is 1. The van der Waals surface area contributed by atoms with Gasteiger partial charge in [0.2, 0.25) is 0 Å². The molecule has 100 valence electrons. The lowest BCUT2D eigenvalue weighted by Gasteiger charge is -2.12. The minimum Gasteiger partial charge on any atom is -0.348 e. The van der Waals surface area contributed by atoms with E-state index in [0.29, 0.717) is 18.0 Å². The normalized spacial score (nSPS) is 13.7. The lowest BCUT2D eigenvalue weighted by atomic mass is 10.2. The number of carbonyl (C=O) groups excluding carboxylic acids is 1. The number of amides is 1. The second-order valence-electron chi connectivity index (χ2n) is 3.87. The lowest BCUT2D eigenvalue weighted by molar-refractivity contribution is 0.0934. The van der Waals surface area contributed by atoms with Crippen LogP contribution in [0, 0.1) is 0 Å². The van der Waals surface area contributed by atoms with E-state index >= 15 is 0 Å². The van der Waals surface area contributed by atoms with Crippen molar-refractivity contribution in [1.29, 1.82) is 0 Å². The highest BCUT2D eigenvalue weighted by atomic mass is 32.2. The molecule has 1 rings (SSSR count). The van der Waals surface area contributed by atoms with Crippen LogP contribution in [0.25, 0.3) is 0 Å². The molecule has 0 aliphatic rings. The van der Waals surface area contributed by atoms with Gasteiger partial charge in [-0.15, -0.1) is 0 Å². The predicted molar refractivity (Wildman–Crippen MR) is 70.3 cm³/mol. The van der Waals surface area contributed by atoms with E-state index in [9.17, 15) is 9.00 Å². The number of nitrogens with two attached hydrogens (primary N) is 1. The van der Waals surface area contributed by atoms with Gasteiger partial charge in [-0.3, -0.25) is 9.00 Å². The Balaban J connectivity index is 2.50. The summed E-state index contributed by atoms with van der Waals surface area (Å²) in [5.74, 6) is 5.79. The van der Waals surface area contributed by atoms with E-state index in [1.165, 1.54) is 12.4 Å². The van der Waals surface area contributed by atoms with Gasteiger partial charge in [0, 0.05) is 28.9 Å². The van der Waals surface area contributed by atoms with Gasteiger partial charge in [-0.25, -0.2) is 15.8 Å². The zero-order valence-corrected chi connectivity index (χ0v) is 11.2. The van der Waals surface area contributed by atoms with Gasteiger partial charge in [0.05, 0.1) is 12.4 Å². The van der Waals surface area contributed by atoms with Gasteiger partial charge in [0.15, 0.2) is 5.82 Å². The number of carbonyl (C=O) groups is 1. The first-order valence-corrected chi connectivity index (χ1v) is 7.15. The Morgan fingerprint density at radius 1 is 1.50 bits per heavy atom. The monoisotopic (exact) mass is 271 g/mol. The summed E-state index contributed by atoms with van der Waals surface area (Å²) in [5, 5.41) is 2.76. The van der Waals surface area contributed by atoms with E-state index in [2.05, 4.69) is 20.7 Å². The van der Waals surface area contributed by atoms with Crippen LogP contribution in [0.4, 0.5) is 5.82 Å². The number of rotatable bonds is 6. The molecule has 2 atom stereocenters. The molecule has 2 unspecified atom stereocenters. The summed E-state index contributed by atoms with van der Waals surface area (Å²) in [6.07, 6.45) is 5.01. The molecule has 1 aromatic rings. The summed E-state index contributed by atoms with van der Waals surface area (Å²) in [6.45, 7) is 1.86. The van der Waals surface area contributed by atoms with Gasteiger partial charge in [0.25, 0.3) is 5.91 Å². The van der Waals surface area contributed by atoms with Crippen LogP contribution in [0.5, 0.6) is 0 Å². The van der Waals surface area contributed by atoms with Crippen molar-refractivity contribution in [3.8, 4) is 0 Å². The lowest BCUT2D eigenvalue weighted by Crippen LogP contribution is -2.34. The van der Waals surface area contributed by atoms with E-state index in [-0.39, 0.29) is 17.6 Å². The Bertz CT molecular complexity index is 423. The maximum atomic E-state index is 11.8. The van der Waals surface area contributed by atoms with E-state index in [1.807, 2.05) is 6.92 Å². The first kappa shape index (κ1) is 14.5. The number of nitrogens with one attached hydrogen (secondary N) is 2. The van der Waals surface area contributed by atoms with Gasteiger partial charge in [-0.1, -0.05) is 0 Å².